The van der Waals surface area contributed by atoms with Gasteiger partial charge in [0.15, 0.2) is 0 Å². The van der Waals surface area contributed by atoms with E-state index in [0.717, 1.165) is 5.57 Å². The van der Waals surface area contributed by atoms with Gasteiger partial charge in [0.05, 0.1) is 23.5 Å². The Kier molecular flexibility index (Phi) is 3.12. The highest BCUT2D eigenvalue weighted by Gasteiger charge is 2.48. The number of anilines is 1. The van der Waals surface area contributed by atoms with E-state index in [1.165, 1.54) is 29.2 Å². The molecule has 2 atom stereocenters. The van der Waals surface area contributed by atoms with Crippen LogP contribution in [-0.4, -0.2) is 17.8 Å². The zero-order valence-electron chi connectivity index (χ0n) is 11.5. The molecule has 3 rings (SSSR count). The number of hydrogen-bond donors (Lipinski definition) is 0. The first-order chi connectivity index (χ1) is 9.99. The van der Waals surface area contributed by atoms with Gasteiger partial charge in [0, 0.05) is 0 Å². The van der Waals surface area contributed by atoms with Crippen molar-refractivity contribution in [2.24, 2.45) is 11.8 Å². The Labute approximate surface area is 121 Å². The minimum atomic E-state index is -1.28. The molecule has 0 unspecified atom stereocenters. The molecule has 2 aliphatic rings. The Bertz CT molecular complexity index is 659. The fraction of sp³-hybridized carbons (Fsp3) is 0.312. The Hall–Kier alpha value is -2.43. The van der Waals surface area contributed by atoms with E-state index in [0.29, 0.717) is 18.5 Å². The second-order valence-corrected chi connectivity index (χ2v) is 5.55. The molecule has 1 heterocycles. The predicted octanol–water partition coefficient (Wildman–Crippen LogP) is 0.896. The van der Waals surface area contributed by atoms with Crippen molar-refractivity contribution < 1.29 is 19.5 Å². The molecule has 1 aliphatic heterocycles. The average Bonchev–Trinajstić information content (AvgIpc) is 2.70. The van der Waals surface area contributed by atoms with Crippen LogP contribution >= 0.6 is 0 Å². The molecule has 0 aromatic heterocycles. The highest BCUT2D eigenvalue weighted by atomic mass is 16.4. The fourth-order valence-electron chi connectivity index (χ4n) is 3.04. The van der Waals surface area contributed by atoms with E-state index < -0.39 is 5.97 Å². The standard InChI is InChI=1S/C16H15NO4/c1-9-2-7-12-13(8-9)15(19)17(14(12)18)11-5-3-10(4-6-11)16(20)21/h2-6,12-13H,7-8H2,1H3,(H,20,21)/p-1/t12-,13+/m1/s1. The Morgan fingerprint density at radius 1 is 1.14 bits per heavy atom. The van der Waals surface area contributed by atoms with E-state index in [9.17, 15) is 19.5 Å². The van der Waals surface area contributed by atoms with Crippen LogP contribution in [0.1, 0.15) is 30.1 Å². The lowest BCUT2D eigenvalue weighted by Gasteiger charge is -2.18. The summed E-state index contributed by atoms with van der Waals surface area (Å²) < 4.78 is 0. The van der Waals surface area contributed by atoms with Crippen LogP contribution in [0.5, 0.6) is 0 Å². The van der Waals surface area contributed by atoms with Gasteiger partial charge in [0.2, 0.25) is 11.8 Å². The van der Waals surface area contributed by atoms with Crippen LogP contribution in [0.25, 0.3) is 0 Å². The number of hydrogen-bond acceptors (Lipinski definition) is 4. The van der Waals surface area contributed by atoms with Crippen molar-refractivity contribution >= 4 is 23.5 Å². The zero-order valence-corrected chi connectivity index (χ0v) is 11.5. The van der Waals surface area contributed by atoms with Crippen LogP contribution in [0.4, 0.5) is 5.69 Å². The van der Waals surface area contributed by atoms with Crippen LogP contribution < -0.4 is 10.0 Å². The van der Waals surface area contributed by atoms with Crippen LogP contribution in [0.3, 0.4) is 0 Å². The van der Waals surface area contributed by atoms with Crippen molar-refractivity contribution in [3.05, 3.63) is 41.5 Å². The van der Waals surface area contributed by atoms with Gasteiger partial charge >= 0.3 is 0 Å². The highest BCUT2D eigenvalue weighted by Crippen LogP contribution is 2.39. The Morgan fingerprint density at radius 2 is 1.76 bits per heavy atom. The number of carboxylic acids is 1. The Morgan fingerprint density at radius 3 is 2.38 bits per heavy atom. The minimum absolute atomic E-state index is 0.0211. The number of rotatable bonds is 2. The van der Waals surface area contributed by atoms with Gasteiger partial charge in [-0.05, 0) is 37.5 Å². The van der Waals surface area contributed by atoms with Gasteiger partial charge in [-0.3, -0.25) is 14.5 Å². The van der Waals surface area contributed by atoms with E-state index in [1.54, 1.807) is 0 Å². The molecule has 1 aromatic carbocycles. The van der Waals surface area contributed by atoms with Gasteiger partial charge in [-0.15, -0.1) is 0 Å². The third-order valence-corrected chi connectivity index (χ3v) is 4.18. The molecule has 1 saturated heterocycles. The molecule has 5 nitrogen and oxygen atoms in total. The predicted molar refractivity (Wildman–Crippen MR) is 73.2 cm³/mol. The van der Waals surface area contributed by atoms with Gasteiger partial charge in [0.25, 0.3) is 0 Å². The number of carbonyl (C=O) groups is 3. The summed E-state index contributed by atoms with van der Waals surface area (Å²) in [6, 6.07) is 5.63. The van der Waals surface area contributed by atoms with Gasteiger partial charge < -0.3 is 9.90 Å². The lowest BCUT2D eigenvalue weighted by molar-refractivity contribution is -0.255. The second-order valence-electron chi connectivity index (χ2n) is 5.55. The molecule has 0 N–H and O–H groups in total. The molecule has 2 amide bonds. The molecule has 1 aliphatic carbocycles. The van der Waals surface area contributed by atoms with Gasteiger partial charge in [0.1, 0.15) is 0 Å². The normalized spacial score (nSPS) is 24.8. The van der Waals surface area contributed by atoms with Crippen molar-refractivity contribution in [2.45, 2.75) is 19.8 Å². The van der Waals surface area contributed by atoms with Gasteiger partial charge in [-0.2, -0.15) is 0 Å². The number of carbonyl (C=O) groups excluding carboxylic acids is 3. The van der Waals surface area contributed by atoms with Crippen LogP contribution in [0.2, 0.25) is 0 Å². The van der Waals surface area contributed by atoms with Crippen molar-refractivity contribution in [2.75, 3.05) is 4.90 Å². The Balaban J connectivity index is 1.91. The third kappa shape index (κ3) is 2.14. The summed E-state index contributed by atoms with van der Waals surface area (Å²) in [4.78, 5) is 36.8. The SMILES string of the molecule is CC1=CC[C@H]2C(=O)N(c3ccc(C(=O)[O-])cc3)C(=O)[C@H]2C1. The minimum Gasteiger partial charge on any atom is -0.545 e. The molecule has 5 heteroatoms. The topological polar surface area (TPSA) is 77.5 Å². The lowest BCUT2D eigenvalue weighted by atomic mass is 9.82. The maximum absolute atomic E-state index is 12.5. The second kappa shape index (κ2) is 4.84. The summed E-state index contributed by atoms with van der Waals surface area (Å²) >= 11 is 0. The molecule has 0 saturated carbocycles. The van der Waals surface area contributed by atoms with Gasteiger partial charge in [-0.25, -0.2) is 0 Å². The van der Waals surface area contributed by atoms with Crippen molar-refractivity contribution in [3.8, 4) is 0 Å². The van der Waals surface area contributed by atoms with E-state index in [1.807, 2.05) is 13.0 Å². The molecular weight excluding hydrogens is 270 g/mol. The molecule has 108 valence electrons. The number of imide groups is 1. The third-order valence-electron chi connectivity index (χ3n) is 4.18. The summed E-state index contributed by atoms with van der Waals surface area (Å²) in [6.45, 7) is 1.96. The van der Waals surface area contributed by atoms with E-state index >= 15 is 0 Å². The van der Waals surface area contributed by atoms with E-state index in [2.05, 4.69) is 0 Å². The molecule has 1 aromatic rings. The molecule has 1 fully saturated rings. The molecule has 0 radical (unpaired) electrons. The molecular formula is C16H14NO4-. The number of amides is 2. The molecule has 21 heavy (non-hydrogen) atoms. The summed E-state index contributed by atoms with van der Waals surface area (Å²) in [6.07, 6.45) is 3.21. The molecule has 0 bridgehead atoms. The first kappa shape index (κ1) is 13.5. The lowest BCUT2D eigenvalue weighted by Crippen LogP contribution is -2.31. The van der Waals surface area contributed by atoms with Crippen molar-refractivity contribution in [1.29, 1.82) is 0 Å². The first-order valence-electron chi connectivity index (χ1n) is 6.84. The monoisotopic (exact) mass is 284 g/mol. The number of carboxylic acid groups (broad SMARTS) is 1. The van der Waals surface area contributed by atoms with E-state index in [-0.39, 0.29) is 29.2 Å². The number of fused-ring (bicyclic) bond motifs is 1. The maximum atomic E-state index is 12.5. The van der Waals surface area contributed by atoms with Crippen LogP contribution in [0, 0.1) is 11.8 Å². The number of allylic oxidation sites excluding steroid dienone is 2. The zero-order chi connectivity index (χ0) is 15.1. The summed E-state index contributed by atoms with van der Waals surface area (Å²) in [7, 11) is 0. The van der Waals surface area contributed by atoms with Crippen molar-refractivity contribution in [3.63, 3.8) is 0 Å². The number of benzene rings is 1. The highest BCUT2D eigenvalue weighted by molar-refractivity contribution is 6.22. The largest absolute Gasteiger partial charge is 0.545 e. The number of aromatic carboxylic acids is 1. The summed E-state index contributed by atoms with van der Waals surface area (Å²) in [5.74, 6) is -2.26. The molecule has 0 spiro atoms. The number of nitrogens with zero attached hydrogens (tertiary/aromatic N) is 1. The van der Waals surface area contributed by atoms with E-state index in [4.69, 9.17) is 0 Å². The quantitative estimate of drug-likeness (QED) is 0.597. The summed E-state index contributed by atoms with van der Waals surface area (Å²) in [5, 5.41) is 10.7. The van der Waals surface area contributed by atoms with Crippen LogP contribution in [-0.2, 0) is 9.59 Å². The maximum Gasteiger partial charge on any atom is 0.238 e. The van der Waals surface area contributed by atoms with Gasteiger partial charge in [-0.1, -0.05) is 23.8 Å². The fourth-order valence-corrected chi connectivity index (χ4v) is 3.04. The smallest absolute Gasteiger partial charge is 0.238 e. The summed E-state index contributed by atoms with van der Waals surface area (Å²) in [5.41, 5.74) is 1.57. The van der Waals surface area contributed by atoms with Crippen LogP contribution in [0.15, 0.2) is 35.9 Å². The first-order valence-corrected chi connectivity index (χ1v) is 6.84. The van der Waals surface area contributed by atoms with Crippen molar-refractivity contribution in [1.82, 2.24) is 0 Å². The average molecular weight is 284 g/mol.